The molecule has 50 valence electrons. The van der Waals surface area contributed by atoms with E-state index in [1.54, 1.807) is 0 Å². The van der Waals surface area contributed by atoms with Gasteiger partial charge in [-0.2, -0.15) is 0 Å². The Morgan fingerprint density at radius 2 is 2.56 bits per heavy atom. The molecule has 0 aliphatic heterocycles. The third-order valence-corrected chi connectivity index (χ3v) is 1.01. The molecule has 0 radical (unpaired) electrons. The molecule has 2 N–H and O–H groups in total. The highest BCUT2D eigenvalue weighted by Crippen LogP contribution is 1.92. The molecule has 1 heterocycles. The summed E-state index contributed by atoms with van der Waals surface area (Å²) in [6.07, 6.45) is 3.33. The molecule has 0 aromatic carbocycles. The van der Waals surface area contributed by atoms with E-state index in [4.69, 9.17) is 5.73 Å². The van der Waals surface area contributed by atoms with E-state index in [1.165, 1.54) is 12.5 Å². The van der Waals surface area contributed by atoms with Gasteiger partial charge in [0.1, 0.15) is 0 Å². The molecular formula is C5H8N3O-. The zero-order valence-corrected chi connectivity index (χ0v) is 4.95. The standard InChI is InChI=1S/C5H8N3O/c6-2-1-5-3-8(9)4-7-5/h3-4H,1-2,6H2/q-1. The molecule has 1 aromatic rings. The topological polar surface area (TPSA) is 66.9 Å². The number of nitrogens with two attached hydrogens (primary N) is 1. The number of rotatable bonds is 2. The van der Waals surface area contributed by atoms with Crippen LogP contribution in [0.25, 0.3) is 0 Å². The van der Waals surface area contributed by atoms with Crippen LogP contribution in [0.3, 0.4) is 0 Å². The Morgan fingerprint density at radius 1 is 1.78 bits per heavy atom. The molecule has 9 heavy (non-hydrogen) atoms. The Morgan fingerprint density at radius 3 is 3.00 bits per heavy atom. The van der Waals surface area contributed by atoms with E-state index < -0.39 is 0 Å². The van der Waals surface area contributed by atoms with E-state index in [1.807, 2.05) is 0 Å². The van der Waals surface area contributed by atoms with E-state index in [9.17, 15) is 5.21 Å². The first-order valence-corrected chi connectivity index (χ1v) is 2.73. The van der Waals surface area contributed by atoms with Crippen molar-refractivity contribution in [3.05, 3.63) is 23.4 Å². The summed E-state index contributed by atoms with van der Waals surface area (Å²) in [5, 5.41) is 10.4. The molecule has 1 rings (SSSR count). The Bertz CT molecular complexity index is 184. The van der Waals surface area contributed by atoms with Crippen molar-refractivity contribution in [1.29, 1.82) is 0 Å². The second kappa shape index (κ2) is 2.50. The highest BCUT2D eigenvalue weighted by Gasteiger charge is 1.89. The van der Waals surface area contributed by atoms with Gasteiger partial charge in [-0.05, 0) is 6.54 Å². The van der Waals surface area contributed by atoms with E-state index in [-0.39, 0.29) is 0 Å². The van der Waals surface area contributed by atoms with Crippen LogP contribution in [-0.4, -0.2) is 16.3 Å². The van der Waals surface area contributed by atoms with Gasteiger partial charge in [-0.25, -0.2) is 4.98 Å². The second-order valence-electron chi connectivity index (χ2n) is 1.76. The van der Waals surface area contributed by atoms with Crippen LogP contribution < -0.4 is 5.73 Å². The predicted molar refractivity (Wildman–Crippen MR) is 33.8 cm³/mol. The van der Waals surface area contributed by atoms with Gasteiger partial charge in [-0.1, -0.05) is 0 Å². The van der Waals surface area contributed by atoms with Crippen molar-refractivity contribution >= 4 is 0 Å². The molecule has 0 atom stereocenters. The summed E-state index contributed by atoms with van der Waals surface area (Å²) in [4.78, 5) is 3.78. The van der Waals surface area contributed by atoms with E-state index in [0.29, 0.717) is 17.7 Å². The molecule has 0 saturated carbocycles. The monoisotopic (exact) mass is 126 g/mol. The first kappa shape index (κ1) is 6.10. The maximum Gasteiger partial charge on any atom is 0.0902 e. The smallest absolute Gasteiger partial charge is 0.0902 e. The van der Waals surface area contributed by atoms with E-state index in [0.717, 1.165) is 5.69 Å². The number of hydrogen-bond acceptors (Lipinski definition) is 3. The van der Waals surface area contributed by atoms with Crippen LogP contribution in [0, 0.1) is 5.21 Å². The summed E-state index contributed by atoms with van der Waals surface area (Å²) in [5.74, 6) is 0. The number of aromatic nitrogens is 2. The lowest BCUT2D eigenvalue weighted by molar-refractivity contribution is 0.934. The highest BCUT2D eigenvalue weighted by atomic mass is 16.5. The molecule has 4 nitrogen and oxygen atoms in total. The summed E-state index contributed by atoms with van der Waals surface area (Å²) < 4.78 is 0.672. The molecular weight excluding hydrogens is 118 g/mol. The molecule has 4 heteroatoms. The molecule has 0 bridgehead atoms. The minimum absolute atomic E-state index is 0.539. The van der Waals surface area contributed by atoms with Crippen molar-refractivity contribution in [2.75, 3.05) is 6.54 Å². The number of hydrogen-bond donors (Lipinski definition) is 1. The van der Waals surface area contributed by atoms with Crippen molar-refractivity contribution < 1.29 is 0 Å². The molecule has 0 saturated heterocycles. The first-order chi connectivity index (χ1) is 4.33. The van der Waals surface area contributed by atoms with Gasteiger partial charge >= 0.3 is 0 Å². The van der Waals surface area contributed by atoms with Gasteiger partial charge in [0, 0.05) is 12.6 Å². The van der Waals surface area contributed by atoms with Gasteiger partial charge in [0.15, 0.2) is 0 Å². The molecule has 0 amide bonds. The quantitative estimate of drug-likeness (QED) is 0.593. The Hall–Kier alpha value is -1.03. The summed E-state index contributed by atoms with van der Waals surface area (Å²) in [7, 11) is 0. The van der Waals surface area contributed by atoms with Gasteiger partial charge < -0.3 is 15.7 Å². The summed E-state index contributed by atoms with van der Waals surface area (Å²) in [6, 6.07) is 0. The molecule has 0 fully saturated rings. The third-order valence-electron chi connectivity index (χ3n) is 1.01. The van der Waals surface area contributed by atoms with Crippen LogP contribution in [0.15, 0.2) is 12.5 Å². The Labute approximate surface area is 52.9 Å². The van der Waals surface area contributed by atoms with Crippen LogP contribution in [0.1, 0.15) is 5.69 Å². The first-order valence-electron chi connectivity index (χ1n) is 2.73. The van der Waals surface area contributed by atoms with Gasteiger partial charge in [-0.15, -0.1) is 0 Å². The van der Waals surface area contributed by atoms with Gasteiger partial charge in [0.05, 0.1) is 12.0 Å². The van der Waals surface area contributed by atoms with Crippen LogP contribution in [0.4, 0.5) is 0 Å². The minimum Gasteiger partial charge on any atom is -0.805 e. The van der Waals surface area contributed by atoms with Crippen LogP contribution in [0.2, 0.25) is 0 Å². The van der Waals surface area contributed by atoms with Crippen LogP contribution >= 0.6 is 0 Å². The zero-order chi connectivity index (χ0) is 6.69. The zero-order valence-electron chi connectivity index (χ0n) is 4.95. The van der Waals surface area contributed by atoms with Crippen LogP contribution in [-0.2, 0) is 6.42 Å². The van der Waals surface area contributed by atoms with Crippen LogP contribution in [0.5, 0.6) is 0 Å². The van der Waals surface area contributed by atoms with Crippen molar-refractivity contribution in [2.24, 2.45) is 5.73 Å². The fourth-order valence-corrected chi connectivity index (χ4v) is 0.622. The average molecular weight is 126 g/mol. The van der Waals surface area contributed by atoms with Crippen molar-refractivity contribution in [2.45, 2.75) is 6.42 Å². The van der Waals surface area contributed by atoms with Crippen molar-refractivity contribution in [3.8, 4) is 0 Å². The third kappa shape index (κ3) is 1.43. The largest absolute Gasteiger partial charge is 0.805 e. The normalized spacial score (nSPS) is 9.89. The van der Waals surface area contributed by atoms with Gasteiger partial charge in [0.2, 0.25) is 0 Å². The molecule has 0 unspecified atom stereocenters. The number of imidazole rings is 1. The summed E-state index contributed by atoms with van der Waals surface area (Å²) in [5.41, 5.74) is 5.98. The highest BCUT2D eigenvalue weighted by molar-refractivity contribution is 4.97. The maximum atomic E-state index is 10.4. The Balaban J connectivity index is 2.61. The lowest BCUT2D eigenvalue weighted by atomic mass is 10.3. The Kier molecular flexibility index (Phi) is 1.69. The summed E-state index contributed by atoms with van der Waals surface area (Å²) in [6.45, 7) is 0.539. The predicted octanol–water partition coefficient (Wildman–Crippen LogP) is -0.270. The fraction of sp³-hybridized carbons (Fsp3) is 0.400. The lowest BCUT2D eigenvalue weighted by Gasteiger charge is -1.99. The summed E-state index contributed by atoms with van der Waals surface area (Å²) >= 11 is 0. The van der Waals surface area contributed by atoms with E-state index >= 15 is 0 Å². The van der Waals surface area contributed by atoms with E-state index in [2.05, 4.69) is 4.98 Å². The van der Waals surface area contributed by atoms with Crippen molar-refractivity contribution in [3.63, 3.8) is 0 Å². The molecule has 1 aromatic heterocycles. The fourth-order valence-electron chi connectivity index (χ4n) is 0.622. The molecule has 0 aliphatic carbocycles. The SMILES string of the molecule is NCCc1cn([O-])cn1. The van der Waals surface area contributed by atoms with Gasteiger partial charge in [-0.3, -0.25) is 0 Å². The lowest BCUT2D eigenvalue weighted by Crippen LogP contribution is -2.02. The van der Waals surface area contributed by atoms with Crippen molar-refractivity contribution in [1.82, 2.24) is 9.71 Å². The maximum absolute atomic E-state index is 10.4. The number of nitrogens with zero attached hydrogens (tertiary/aromatic N) is 2. The molecule has 0 spiro atoms. The average Bonchev–Trinajstić information content (AvgIpc) is 2.17. The second-order valence-corrected chi connectivity index (χ2v) is 1.76. The van der Waals surface area contributed by atoms with Gasteiger partial charge in [0.25, 0.3) is 0 Å². The minimum atomic E-state index is 0.539. The molecule has 0 aliphatic rings.